The Balaban J connectivity index is 1.20. The van der Waals surface area contributed by atoms with E-state index in [1.807, 2.05) is 23.5 Å². The molecule has 24 heavy (non-hydrogen) atoms. The second kappa shape index (κ2) is 7.09. The number of hydrogen-bond donors (Lipinski definition) is 1. The van der Waals surface area contributed by atoms with Gasteiger partial charge in [0.15, 0.2) is 0 Å². The van der Waals surface area contributed by atoms with Gasteiger partial charge in [0.05, 0.1) is 31.4 Å². The van der Waals surface area contributed by atoms with Crippen LogP contribution in [0.3, 0.4) is 0 Å². The molecule has 2 aliphatic heterocycles. The van der Waals surface area contributed by atoms with Crippen molar-refractivity contribution in [1.82, 2.24) is 10.2 Å². The second-order valence-corrected chi connectivity index (χ2v) is 7.66. The third-order valence-corrected chi connectivity index (χ3v) is 5.66. The Kier molecular flexibility index (Phi) is 4.69. The monoisotopic (exact) mass is 346 g/mol. The minimum atomic E-state index is 0.0341. The standard InChI is InChI=1S/C18H22N2O3S/c21-18(19-9-14-3-1-5-22-14)8-15-7-13-10-20(12-17(13)23-15)11-16-4-2-6-24-16/h1-6,13,15,17H,7-12H2,(H,19,21)/t13-,15+,17+/m0/s1. The zero-order valence-electron chi connectivity index (χ0n) is 13.5. The molecule has 4 heterocycles. The maximum atomic E-state index is 12.0. The number of thiophene rings is 1. The Bertz CT molecular complexity index is 642. The van der Waals surface area contributed by atoms with Crippen LogP contribution in [0, 0.1) is 5.92 Å². The Labute approximate surface area is 145 Å². The summed E-state index contributed by atoms with van der Waals surface area (Å²) in [7, 11) is 0. The first kappa shape index (κ1) is 15.9. The molecule has 0 radical (unpaired) electrons. The number of likely N-dealkylation sites (tertiary alicyclic amines) is 1. The van der Waals surface area contributed by atoms with E-state index in [1.54, 1.807) is 6.26 Å². The fourth-order valence-corrected chi connectivity index (χ4v) is 4.46. The molecule has 1 N–H and O–H groups in total. The highest BCUT2D eigenvalue weighted by Crippen LogP contribution is 2.35. The smallest absolute Gasteiger partial charge is 0.222 e. The molecule has 6 heteroatoms. The first-order valence-corrected chi connectivity index (χ1v) is 9.33. The number of carbonyl (C=O) groups excluding carboxylic acids is 1. The molecular formula is C18H22N2O3S. The highest BCUT2D eigenvalue weighted by atomic mass is 32.1. The minimum Gasteiger partial charge on any atom is -0.467 e. The van der Waals surface area contributed by atoms with Gasteiger partial charge in [0, 0.05) is 30.4 Å². The van der Waals surface area contributed by atoms with E-state index in [1.165, 1.54) is 4.88 Å². The van der Waals surface area contributed by atoms with Crippen LogP contribution in [0.25, 0.3) is 0 Å². The quantitative estimate of drug-likeness (QED) is 0.874. The van der Waals surface area contributed by atoms with E-state index in [-0.39, 0.29) is 18.1 Å². The molecule has 1 amide bonds. The summed E-state index contributed by atoms with van der Waals surface area (Å²) >= 11 is 1.81. The molecule has 0 saturated carbocycles. The van der Waals surface area contributed by atoms with Crippen LogP contribution in [-0.2, 0) is 22.6 Å². The first-order valence-electron chi connectivity index (χ1n) is 8.45. The van der Waals surface area contributed by atoms with E-state index in [0.717, 1.165) is 31.8 Å². The lowest BCUT2D eigenvalue weighted by Gasteiger charge is -2.18. The van der Waals surface area contributed by atoms with Crippen molar-refractivity contribution < 1.29 is 13.9 Å². The molecule has 0 spiro atoms. The van der Waals surface area contributed by atoms with Gasteiger partial charge < -0.3 is 14.5 Å². The molecule has 5 nitrogen and oxygen atoms in total. The van der Waals surface area contributed by atoms with Gasteiger partial charge in [0.2, 0.25) is 5.91 Å². The molecule has 4 rings (SSSR count). The van der Waals surface area contributed by atoms with Crippen LogP contribution in [0.5, 0.6) is 0 Å². The zero-order chi connectivity index (χ0) is 16.4. The number of furan rings is 1. The first-order chi connectivity index (χ1) is 11.8. The van der Waals surface area contributed by atoms with Crippen LogP contribution in [0.1, 0.15) is 23.5 Å². The van der Waals surface area contributed by atoms with Crippen LogP contribution in [0.2, 0.25) is 0 Å². The van der Waals surface area contributed by atoms with Crippen molar-refractivity contribution >= 4 is 17.2 Å². The minimum absolute atomic E-state index is 0.0341. The lowest BCUT2D eigenvalue weighted by atomic mass is 10.0. The fraction of sp³-hybridized carbons (Fsp3) is 0.500. The van der Waals surface area contributed by atoms with E-state index in [9.17, 15) is 4.79 Å². The normalized spacial score (nSPS) is 26.6. The summed E-state index contributed by atoms with van der Waals surface area (Å²) in [5, 5.41) is 5.02. The van der Waals surface area contributed by atoms with Gasteiger partial charge in [-0.25, -0.2) is 0 Å². The van der Waals surface area contributed by atoms with Crippen LogP contribution in [-0.4, -0.2) is 36.1 Å². The zero-order valence-corrected chi connectivity index (χ0v) is 14.3. The Morgan fingerprint density at radius 3 is 3.04 bits per heavy atom. The van der Waals surface area contributed by atoms with Gasteiger partial charge in [-0.3, -0.25) is 9.69 Å². The molecule has 0 aliphatic carbocycles. The highest BCUT2D eigenvalue weighted by Gasteiger charge is 2.42. The summed E-state index contributed by atoms with van der Waals surface area (Å²) in [5.74, 6) is 1.37. The van der Waals surface area contributed by atoms with Crippen molar-refractivity contribution in [2.24, 2.45) is 5.92 Å². The van der Waals surface area contributed by atoms with E-state index in [4.69, 9.17) is 9.15 Å². The molecule has 2 saturated heterocycles. The number of rotatable bonds is 6. The van der Waals surface area contributed by atoms with Crippen molar-refractivity contribution in [2.75, 3.05) is 13.1 Å². The summed E-state index contributed by atoms with van der Waals surface area (Å²) in [6.07, 6.45) is 3.39. The van der Waals surface area contributed by atoms with Gasteiger partial charge in [-0.15, -0.1) is 11.3 Å². The number of hydrogen-bond acceptors (Lipinski definition) is 5. The molecular weight excluding hydrogens is 324 g/mol. The lowest BCUT2D eigenvalue weighted by Crippen LogP contribution is -2.29. The summed E-state index contributed by atoms with van der Waals surface area (Å²) < 4.78 is 11.3. The van der Waals surface area contributed by atoms with Crippen LogP contribution < -0.4 is 5.32 Å². The Morgan fingerprint density at radius 2 is 2.29 bits per heavy atom. The maximum absolute atomic E-state index is 12.0. The number of fused-ring (bicyclic) bond motifs is 1. The second-order valence-electron chi connectivity index (χ2n) is 6.63. The van der Waals surface area contributed by atoms with Crippen LogP contribution in [0.15, 0.2) is 40.3 Å². The SMILES string of the molecule is O=C(C[C@H]1C[C@H]2CN(Cc3cccs3)C[C@H]2O1)NCc1ccco1. The average molecular weight is 346 g/mol. The third kappa shape index (κ3) is 3.71. The maximum Gasteiger partial charge on any atom is 0.222 e. The molecule has 0 bridgehead atoms. The third-order valence-electron chi connectivity index (χ3n) is 4.80. The molecule has 2 aromatic rings. The van der Waals surface area contributed by atoms with E-state index < -0.39 is 0 Å². The molecule has 2 aromatic heterocycles. The van der Waals surface area contributed by atoms with Crippen molar-refractivity contribution in [1.29, 1.82) is 0 Å². The van der Waals surface area contributed by atoms with Gasteiger partial charge in [-0.2, -0.15) is 0 Å². The number of nitrogens with one attached hydrogen (secondary N) is 1. The predicted molar refractivity (Wildman–Crippen MR) is 91.5 cm³/mol. The van der Waals surface area contributed by atoms with Gasteiger partial charge >= 0.3 is 0 Å². The molecule has 3 atom stereocenters. The number of nitrogens with zero attached hydrogens (tertiary/aromatic N) is 1. The van der Waals surface area contributed by atoms with E-state index in [2.05, 4.69) is 27.7 Å². The topological polar surface area (TPSA) is 54.7 Å². The van der Waals surface area contributed by atoms with Crippen molar-refractivity contribution in [3.8, 4) is 0 Å². The largest absolute Gasteiger partial charge is 0.467 e. The summed E-state index contributed by atoms with van der Waals surface area (Å²) in [4.78, 5) is 15.9. The highest BCUT2D eigenvalue weighted by molar-refractivity contribution is 7.09. The summed E-state index contributed by atoms with van der Waals surface area (Å²) in [6.45, 7) is 3.52. The average Bonchev–Trinajstić information content (AvgIpc) is 3.30. The van der Waals surface area contributed by atoms with Gasteiger partial charge in [0.25, 0.3) is 0 Å². The van der Waals surface area contributed by atoms with E-state index >= 15 is 0 Å². The number of carbonyl (C=O) groups is 1. The van der Waals surface area contributed by atoms with Gasteiger partial charge in [-0.05, 0) is 30.0 Å². The predicted octanol–water partition coefficient (Wildman–Crippen LogP) is 2.64. The van der Waals surface area contributed by atoms with E-state index in [0.29, 0.717) is 18.9 Å². The lowest BCUT2D eigenvalue weighted by molar-refractivity contribution is -0.124. The summed E-state index contributed by atoms with van der Waals surface area (Å²) in [5.41, 5.74) is 0. The van der Waals surface area contributed by atoms with Crippen molar-refractivity contribution in [3.05, 3.63) is 46.5 Å². The van der Waals surface area contributed by atoms with Gasteiger partial charge in [-0.1, -0.05) is 6.07 Å². The Morgan fingerprint density at radius 1 is 1.33 bits per heavy atom. The molecule has 128 valence electrons. The summed E-state index contributed by atoms with van der Waals surface area (Å²) in [6, 6.07) is 7.97. The van der Waals surface area contributed by atoms with Crippen LogP contribution >= 0.6 is 11.3 Å². The number of ether oxygens (including phenoxy) is 1. The molecule has 2 aliphatic rings. The fourth-order valence-electron chi connectivity index (χ4n) is 3.71. The van der Waals surface area contributed by atoms with Crippen molar-refractivity contribution in [2.45, 2.75) is 38.1 Å². The number of amides is 1. The van der Waals surface area contributed by atoms with Crippen LogP contribution in [0.4, 0.5) is 0 Å². The Hall–Kier alpha value is -1.63. The molecule has 0 unspecified atom stereocenters. The van der Waals surface area contributed by atoms with Crippen molar-refractivity contribution in [3.63, 3.8) is 0 Å². The molecule has 2 fully saturated rings. The van der Waals surface area contributed by atoms with Gasteiger partial charge in [0.1, 0.15) is 5.76 Å². The molecule has 0 aromatic carbocycles.